The van der Waals surface area contributed by atoms with Gasteiger partial charge in [-0.25, -0.2) is 4.98 Å². The summed E-state index contributed by atoms with van der Waals surface area (Å²) in [7, 11) is 1.75. The van der Waals surface area contributed by atoms with Gasteiger partial charge in [-0.2, -0.15) is 0 Å². The van der Waals surface area contributed by atoms with Gasteiger partial charge in [0.25, 0.3) is 5.56 Å². The Hall–Kier alpha value is -1.34. The molecule has 0 saturated carbocycles. The first-order valence-electron chi connectivity index (χ1n) is 7.57. The van der Waals surface area contributed by atoms with Gasteiger partial charge in [0.1, 0.15) is 4.83 Å². The Labute approximate surface area is 136 Å². The summed E-state index contributed by atoms with van der Waals surface area (Å²) in [6.45, 7) is 1.73. The highest BCUT2D eigenvalue weighted by atomic mass is 32.2. The third kappa shape index (κ3) is 2.18. The van der Waals surface area contributed by atoms with Gasteiger partial charge in [-0.05, 0) is 31.2 Å². The van der Waals surface area contributed by atoms with E-state index in [1.165, 1.54) is 22.2 Å². The normalized spacial score (nSPS) is 16.9. The second-order valence-electron chi connectivity index (χ2n) is 5.82. The molecule has 1 saturated heterocycles. The van der Waals surface area contributed by atoms with Crippen molar-refractivity contribution < 1.29 is 4.79 Å². The van der Waals surface area contributed by atoms with Gasteiger partial charge >= 0.3 is 0 Å². The molecule has 0 N–H and O–H groups in total. The van der Waals surface area contributed by atoms with Crippen molar-refractivity contribution in [3.8, 4) is 0 Å². The highest BCUT2D eigenvalue weighted by Crippen LogP contribution is 2.35. The Balaban J connectivity index is 1.65. The smallest absolute Gasteiger partial charge is 0.262 e. The summed E-state index contributed by atoms with van der Waals surface area (Å²) < 4.78 is 1.60. The zero-order chi connectivity index (χ0) is 15.3. The van der Waals surface area contributed by atoms with Crippen LogP contribution in [0.1, 0.15) is 23.3 Å². The molecule has 2 aromatic heterocycles. The lowest BCUT2D eigenvalue weighted by molar-refractivity contribution is -0.131. The van der Waals surface area contributed by atoms with E-state index in [4.69, 9.17) is 0 Å². The Kier molecular flexibility index (Phi) is 3.49. The first-order chi connectivity index (χ1) is 10.6. The average Bonchev–Trinajstić information content (AvgIpc) is 2.99. The molecule has 0 spiro atoms. The van der Waals surface area contributed by atoms with Gasteiger partial charge in [-0.3, -0.25) is 14.2 Å². The molecule has 0 bridgehead atoms. The molecule has 2 aromatic rings. The van der Waals surface area contributed by atoms with Crippen LogP contribution in [-0.4, -0.2) is 39.2 Å². The average molecular weight is 335 g/mol. The fraction of sp³-hybridized carbons (Fsp3) is 0.533. The predicted octanol–water partition coefficient (Wildman–Crippen LogP) is 1.81. The summed E-state index contributed by atoms with van der Waals surface area (Å²) in [6.07, 6.45) is 4.29. The maximum absolute atomic E-state index is 12.6. The van der Waals surface area contributed by atoms with Gasteiger partial charge < -0.3 is 4.90 Å². The third-order valence-corrected chi connectivity index (χ3v) is 6.64. The van der Waals surface area contributed by atoms with Crippen molar-refractivity contribution in [1.29, 1.82) is 0 Å². The van der Waals surface area contributed by atoms with Gasteiger partial charge in [0, 0.05) is 25.0 Å². The summed E-state index contributed by atoms with van der Waals surface area (Å²) in [5, 5.41) is 1.45. The summed E-state index contributed by atoms with van der Waals surface area (Å²) in [5.74, 6) is 0.496. The van der Waals surface area contributed by atoms with Gasteiger partial charge in [0.15, 0.2) is 5.16 Å². The van der Waals surface area contributed by atoms with Gasteiger partial charge in [0.05, 0.1) is 11.1 Å². The minimum atomic E-state index is 0.0308. The van der Waals surface area contributed by atoms with Crippen LogP contribution in [0.15, 0.2) is 9.95 Å². The van der Waals surface area contributed by atoms with Crippen LogP contribution in [0.2, 0.25) is 0 Å². The summed E-state index contributed by atoms with van der Waals surface area (Å²) >= 11 is 3.02. The lowest BCUT2D eigenvalue weighted by atomic mass is 10.2. The number of fused-ring (bicyclic) bond motifs is 3. The van der Waals surface area contributed by atoms with Crippen molar-refractivity contribution in [3.05, 3.63) is 20.8 Å². The molecule has 2 aliphatic rings. The van der Waals surface area contributed by atoms with E-state index in [1.807, 2.05) is 4.90 Å². The van der Waals surface area contributed by atoms with E-state index in [0.29, 0.717) is 10.9 Å². The number of carbonyl (C=O) groups is 1. The molecule has 22 heavy (non-hydrogen) atoms. The van der Waals surface area contributed by atoms with Crippen LogP contribution in [-0.2, 0) is 24.7 Å². The molecular formula is C15H17N3O2S2. The lowest BCUT2D eigenvalue weighted by Gasteiger charge is -2.30. The molecule has 4 rings (SSSR count). The van der Waals surface area contributed by atoms with Crippen LogP contribution >= 0.6 is 23.1 Å². The number of thioether (sulfide) groups is 1. The minimum absolute atomic E-state index is 0.0308. The fourth-order valence-corrected chi connectivity index (χ4v) is 5.20. The minimum Gasteiger partial charge on any atom is -0.342 e. The highest BCUT2D eigenvalue weighted by molar-refractivity contribution is 7.99. The number of nitrogens with zero attached hydrogens (tertiary/aromatic N) is 3. The Morgan fingerprint density at radius 1 is 1.32 bits per heavy atom. The lowest BCUT2D eigenvalue weighted by Crippen LogP contribution is -2.43. The molecule has 5 nitrogen and oxygen atoms in total. The van der Waals surface area contributed by atoms with Crippen LogP contribution in [0, 0.1) is 0 Å². The van der Waals surface area contributed by atoms with Crippen LogP contribution in [0.3, 0.4) is 0 Å². The number of aromatic nitrogens is 2. The van der Waals surface area contributed by atoms with Crippen molar-refractivity contribution in [2.75, 3.05) is 18.8 Å². The number of amides is 1. The molecule has 0 atom stereocenters. The molecule has 3 heterocycles. The molecule has 1 aliphatic carbocycles. The number of rotatable bonds is 3. The highest BCUT2D eigenvalue weighted by Gasteiger charge is 2.24. The number of thiophene rings is 1. The van der Waals surface area contributed by atoms with E-state index >= 15 is 0 Å². The molecule has 1 fully saturated rings. The Morgan fingerprint density at radius 2 is 2.14 bits per heavy atom. The molecule has 116 valence electrons. The van der Waals surface area contributed by atoms with E-state index in [9.17, 15) is 9.59 Å². The van der Waals surface area contributed by atoms with Crippen molar-refractivity contribution in [2.45, 2.75) is 30.8 Å². The van der Waals surface area contributed by atoms with Crippen LogP contribution < -0.4 is 5.56 Å². The van der Waals surface area contributed by atoms with E-state index in [-0.39, 0.29) is 11.5 Å². The number of hydrogen-bond acceptors (Lipinski definition) is 5. The maximum Gasteiger partial charge on any atom is 0.262 e. The number of carbonyl (C=O) groups excluding carboxylic acids is 1. The van der Waals surface area contributed by atoms with Crippen molar-refractivity contribution in [3.63, 3.8) is 0 Å². The molecule has 7 heteroatoms. The quantitative estimate of drug-likeness (QED) is 0.634. The fourth-order valence-electron chi connectivity index (χ4n) is 3.02. The molecular weight excluding hydrogens is 318 g/mol. The van der Waals surface area contributed by atoms with Crippen LogP contribution in [0.4, 0.5) is 0 Å². The molecule has 0 radical (unpaired) electrons. The largest absolute Gasteiger partial charge is 0.342 e. The van der Waals surface area contributed by atoms with E-state index in [2.05, 4.69) is 4.98 Å². The molecule has 1 aliphatic heterocycles. The van der Waals surface area contributed by atoms with E-state index in [1.54, 1.807) is 23.0 Å². The van der Waals surface area contributed by atoms with E-state index < -0.39 is 0 Å². The van der Waals surface area contributed by atoms with Crippen molar-refractivity contribution in [1.82, 2.24) is 14.5 Å². The zero-order valence-electron chi connectivity index (χ0n) is 12.4. The van der Waals surface area contributed by atoms with Gasteiger partial charge in [0.2, 0.25) is 5.91 Å². The van der Waals surface area contributed by atoms with Crippen molar-refractivity contribution in [2.24, 2.45) is 7.05 Å². The number of aryl methyl sites for hydroxylation is 2. The first kappa shape index (κ1) is 14.3. The SMILES string of the molecule is Cn1c(SCC(=O)N2CCC2)nc2sc3c(c2c1=O)CCC3. The predicted molar refractivity (Wildman–Crippen MR) is 88.8 cm³/mol. The zero-order valence-corrected chi connectivity index (χ0v) is 14.1. The van der Waals surface area contributed by atoms with Crippen LogP contribution in [0.5, 0.6) is 0 Å². The molecule has 0 aromatic carbocycles. The summed E-state index contributed by atoms with van der Waals surface area (Å²) in [6, 6.07) is 0. The number of hydrogen-bond donors (Lipinski definition) is 0. The molecule has 1 amide bonds. The molecule has 0 unspecified atom stereocenters. The summed E-state index contributed by atoms with van der Waals surface area (Å²) in [4.78, 5) is 33.3. The topological polar surface area (TPSA) is 55.2 Å². The monoisotopic (exact) mass is 335 g/mol. The maximum atomic E-state index is 12.6. The summed E-state index contributed by atoms with van der Waals surface area (Å²) in [5.41, 5.74) is 1.24. The first-order valence-corrected chi connectivity index (χ1v) is 9.37. The van der Waals surface area contributed by atoms with Crippen LogP contribution in [0.25, 0.3) is 10.2 Å². The van der Waals surface area contributed by atoms with Crippen molar-refractivity contribution >= 4 is 39.2 Å². The number of likely N-dealkylation sites (tertiary alicyclic amines) is 1. The Bertz CT molecular complexity index is 820. The standard InChI is InChI=1S/C15H17N3O2S2/c1-17-14(20)12-9-4-2-5-10(9)22-13(12)16-15(17)21-8-11(19)18-6-3-7-18/h2-8H2,1H3. The van der Waals surface area contributed by atoms with Gasteiger partial charge in [-0.1, -0.05) is 11.8 Å². The second kappa shape index (κ2) is 5.38. The van der Waals surface area contributed by atoms with Gasteiger partial charge in [-0.15, -0.1) is 11.3 Å². The van der Waals surface area contributed by atoms with E-state index in [0.717, 1.165) is 49.0 Å². The third-order valence-electron chi connectivity index (χ3n) is 4.44. The Morgan fingerprint density at radius 3 is 2.86 bits per heavy atom. The second-order valence-corrected chi connectivity index (χ2v) is 7.85.